The number of ketones is 1. The highest BCUT2D eigenvalue weighted by Gasteiger charge is 2.28. The second kappa shape index (κ2) is 5.21. The van der Waals surface area contributed by atoms with Crippen molar-refractivity contribution >= 4 is 5.78 Å². The van der Waals surface area contributed by atoms with Crippen LogP contribution in [0.15, 0.2) is 22.6 Å². The number of pyridine rings is 1. The Labute approximate surface area is 123 Å². The van der Waals surface area contributed by atoms with Crippen LogP contribution in [0.4, 0.5) is 0 Å². The van der Waals surface area contributed by atoms with Gasteiger partial charge in [-0.05, 0) is 37.3 Å². The van der Waals surface area contributed by atoms with Crippen molar-refractivity contribution in [2.45, 2.75) is 40.5 Å². The summed E-state index contributed by atoms with van der Waals surface area (Å²) in [6.07, 6.45) is 2.73. The predicted octanol–water partition coefficient (Wildman–Crippen LogP) is 2.15. The highest BCUT2D eigenvalue weighted by atomic mass is 16.1. The van der Waals surface area contributed by atoms with Crippen LogP contribution in [0.25, 0.3) is 0 Å². The van der Waals surface area contributed by atoms with Gasteiger partial charge in [0.15, 0.2) is 5.78 Å². The van der Waals surface area contributed by atoms with Crippen LogP contribution in [0.3, 0.4) is 0 Å². The maximum atomic E-state index is 12.3. The average molecular weight is 285 g/mol. The van der Waals surface area contributed by atoms with Crippen LogP contribution in [0.2, 0.25) is 0 Å². The molecule has 0 aromatic carbocycles. The maximum absolute atomic E-state index is 12.3. The lowest BCUT2D eigenvalue weighted by Gasteiger charge is -2.29. The highest BCUT2D eigenvalue weighted by Crippen LogP contribution is 2.32. The highest BCUT2D eigenvalue weighted by molar-refractivity contribution is 5.92. The van der Waals surface area contributed by atoms with E-state index in [0.29, 0.717) is 29.8 Å². The monoisotopic (exact) mass is 285 g/mol. The number of hydrogen-bond acceptors (Lipinski definition) is 4. The molecule has 0 spiro atoms. The quantitative estimate of drug-likeness (QED) is 0.903. The third-order valence-corrected chi connectivity index (χ3v) is 3.61. The van der Waals surface area contributed by atoms with Crippen LogP contribution in [0.5, 0.6) is 0 Å². The number of nitrogens with zero attached hydrogens (tertiary/aromatic N) is 2. The smallest absolute Gasteiger partial charge is 0.287 e. The Kier molecular flexibility index (Phi) is 3.73. The summed E-state index contributed by atoms with van der Waals surface area (Å²) in [5.41, 5.74) is 4.67. The molecule has 1 aromatic rings. The molecule has 0 unspecified atom stereocenters. The molecule has 1 heterocycles. The molecule has 0 fully saturated rings. The van der Waals surface area contributed by atoms with Crippen LogP contribution < -0.4 is 11.0 Å². The molecule has 21 heavy (non-hydrogen) atoms. The Morgan fingerprint density at radius 1 is 1.29 bits per heavy atom. The number of nitriles is 1. The lowest BCUT2D eigenvalue weighted by Crippen LogP contribution is -2.35. The first kappa shape index (κ1) is 15.0. The molecular weight excluding hydrogens is 266 g/mol. The standard InChI is InChI=1S/C16H19N3O2/c1-10-5-11(2)19(15(21)14(10)9-17)18-12-6-13(20)8-16(3,4)7-12/h5-6,18H,7-8H2,1-4H3. The zero-order valence-corrected chi connectivity index (χ0v) is 12.8. The SMILES string of the molecule is Cc1cc(C)n(NC2=CC(=O)CC(C)(C)C2)c(=O)c1C#N. The van der Waals surface area contributed by atoms with E-state index in [1.54, 1.807) is 26.0 Å². The van der Waals surface area contributed by atoms with Gasteiger partial charge in [0.25, 0.3) is 5.56 Å². The molecule has 0 saturated carbocycles. The van der Waals surface area contributed by atoms with Crippen molar-refractivity contribution in [3.8, 4) is 6.07 Å². The molecule has 0 aliphatic heterocycles. The Hall–Kier alpha value is -2.35. The molecule has 0 saturated heterocycles. The van der Waals surface area contributed by atoms with Gasteiger partial charge in [-0.1, -0.05) is 13.8 Å². The van der Waals surface area contributed by atoms with Crippen LogP contribution in [-0.2, 0) is 4.79 Å². The summed E-state index contributed by atoms with van der Waals surface area (Å²) < 4.78 is 1.34. The third kappa shape index (κ3) is 3.05. The first-order chi connectivity index (χ1) is 9.73. The van der Waals surface area contributed by atoms with Crippen LogP contribution in [0.1, 0.15) is 43.5 Å². The first-order valence-electron chi connectivity index (χ1n) is 6.87. The van der Waals surface area contributed by atoms with Gasteiger partial charge >= 0.3 is 0 Å². The van der Waals surface area contributed by atoms with Gasteiger partial charge in [-0.25, -0.2) is 4.68 Å². The van der Waals surface area contributed by atoms with Gasteiger partial charge in [0.1, 0.15) is 11.6 Å². The van der Waals surface area contributed by atoms with Crippen molar-refractivity contribution in [2.24, 2.45) is 5.41 Å². The number of hydrogen-bond donors (Lipinski definition) is 1. The minimum absolute atomic E-state index is 0.0482. The van der Waals surface area contributed by atoms with Crippen LogP contribution >= 0.6 is 0 Å². The maximum Gasteiger partial charge on any atom is 0.287 e. The van der Waals surface area contributed by atoms with Gasteiger partial charge in [-0.2, -0.15) is 5.26 Å². The van der Waals surface area contributed by atoms with Gasteiger partial charge in [-0.3, -0.25) is 15.0 Å². The summed E-state index contributed by atoms with van der Waals surface area (Å²) in [5.74, 6) is 0.0482. The second-order valence-electron chi connectivity index (χ2n) is 6.36. The van der Waals surface area contributed by atoms with Crippen molar-refractivity contribution < 1.29 is 4.79 Å². The molecule has 1 N–H and O–H groups in total. The van der Waals surface area contributed by atoms with Crippen molar-refractivity contribution in [1.29, 1.82) is 5.26 Å². The van der Waals surface area contributed by atoms with E-state index in [9.17, 15) is 9.59 Å². The molecule has 0 bridgehead atoms. The largest absolute Gasteiger partial charge is 0.295 e. The second-order valence-corrected chi connectivity index (χ2v) is 6.36. The number of carbonyl (C=O) groups excluding carboxylic acids is 1. The van der Waals surface area contributed by atoms with Crippen molar-refractivity contribution in [3.05, 3.63) is 45.0 Å². The summed E-state index contributed by atoms with van der Waals surface area (Å²) in [4.78, 5) is 24.1. The van der Waals surface area contributed by atoms with Crippen molar-refractivity contribution in [1.82, 2.24) is 4.68 Å². The van der Waals surface area contributed by atoms with E-state index in [0.717, 1.165) is 0 Å². The van der Waals surface area contributed by atoms with Crippen molar-refractivity contribution in [2.75, 3.05) is 5.43 Å². The molecule has 0 atom stereocenters. The van der Waals surface area contributed by atoms with Crippen LogP contribution in [-0.4, -0.2) is 10.5 Å². The predicted molar refractivity (Wildman–Crippen MR) is 80.4 cm³/mol. The summed E-state index contributed by atoms with van der Waals surface area (Å²) in [6, 6.07) is 3.71. The topological polar surface area (TPSA) is 74.9 Å². The summed E-state index contributed by atoms with van der Waals surface area (Å²) in [7, 11) is 0. The average Bonchev–Trinajstić information content (AvgIpc) is 2.32. The van der Waals surface area contributed by atoms with Gasteiger partial charge in [0, 0.05) is 23.9 Å². The minimum Gasteiger partial charge on any atom is -0.295 e. The van der Waals surface area contributed by atoms with E-state index in [1.807, 2.05) is 19.9 Å². The van der Waals surface area contributed by atoms with Gasteiger partial charge in [0.05, 0.1) is 0 Å². The molecule has 1 aliphatic carbocycles. The van der Waals surface area contributed by atoms with Gasteiger partial charge in [-0.15, -0.1) is 0 Å². The Balaban J connectivity index is 2.44. The Bertz CT molecular complexity index is 733. The lowest BCUT2D eigenvalue weighted by molar-refractivity contribution is -0.117. The fourth-order valence-electron chi connectivity index (χ4n) is 2.73. The first-order valence-corrected chi connectivity index (χ1v) is 6.87. The van der Waals surface area contributed by atoms with Crippen LogP contribution in [0, 0.1) is 30.6 Å². The van der Waals surface area contributed by atoms with E-state index in [2.05, 4.69) is 5.43 Å². The molecule has 1 aliphatic rings. The number of nitrogens with one attached hydrogen (secondary N) is 1. The number of allylic oxidation sites excluding steroid dienone is 2. The number of rotatable bonds is 2. The van der Waals surface area contributed by atoms with E-state index >= 15 is 0 Å². The molecule has 5 nitrogen and oxygen atoms in total. The number of carbonyl (C=O) groups is 1. The normalized spacial score (nSPS) is 17.1. The Morgan fingerprint density at radius 3 is 2.52 bits per heavy atom. The molecule has 0 amide bonds. The van der Waals surface area contributed by atoms with Gasteiger partial charge < -0.3 is 0 Å². The number of aryl methyl sites for hydroxylation is 2. The van der Waals surface area contributed by atoms with Crippen molar-refractivity contribution in [3.63, 3.8) is 0 Å². The zero-order chi connectivity index (χ0) is 15.8. The summed E-state index contributed by atoms with van der Waals surface area (Å²) >= 11 is 0. The fourth-order valence-corrected chi connectivity index (χ4v) is 2.73. The third-order valence-electron chi connectivity index (χ3n) is 3.61. The molecule has 2 rings (SSSR count). The molecule has 0 radical (unpaired) electrons. The number of aromatic nitrogens is 1. The van der Waals surface area contributed by atoms with E-state index < -0.39 is 0 Å². The van der Waals surface area contributed by atoms with E-state index in [1.165, 1.54) is 4.68 Å². The molecule has 1 aromatic heterocycles. The fraction of sp³-hybridized carbons (Fsp3) is 0.438. The minimum atomic E-state index is -0.383. The summed E-state index contributed by atoms with van der Waals surface area (Å²) in [5, 5.41) is 9.09. The zero-order valence-electron chi connectivity index (χ0n) is 12.8. The summed E-state index contributed by atoms with van der Waals surface area (Å²) in [6.45, 7) is 7.57. The lowest BCUT2D eigenvalue weighted by atomic mass is 9.79. The van der Waals surface area contributed by atoms with Gasteiger partial charge in [0.2, 0.25) is 0 Å². The molecule has 110 valence electrons. The Morgan fingerprint density at radius 2 is 1.95 bits per heavy atom. The van der Waals surface area contributed by atoms with E-state index in [-0.39, 0.29) is 22.3 Å². The van der Waals surface area contributed by atoms with E-state index in [4.69, 9.17) is 5.26 Å². The molecular formula is C16H19N3O2. The molecule has 5 heteroatoms.